The average Bonchev–Trinajstić information content (AvgIpc) is 3.68. The fourth-order valence-corrected chi connectivity index (χ4v) is 6.20. The molecule has 9 atom stereocenters. The first-order chi connectivity index (χ1) is 17.5. The molecular weight excluding hydrogens is 528 g/mol. The summed E-state index contributed by atoms with van der Waals surface area (Å²) < 4.78 is 33.5. The Labute approximate surface area is 228 Å². The predicted molar refractivity (Wildman–Crippen MR) is 141 cm³/mol. The number of rotatable bonds is 13. The Bertz CT molecular complexity index is 722. The van der Waals surface area contributed by atoms with E-state index in [1.54, 1.807) is 13.2 Å². The average molecular weight is 572 g/mol. The Balaban J connectivity index is 1.42. The molecule has 2 heterocycles. The maximum absolute atomic E-state index is 13.9. The number of carbonyl (C=O) groups is 1. The van der Waals surface area contributed by atoms with Crippen LogP contribution in [0.1, 0.15) is 58.3 Å². The van der Waals surface area contributed by atoms with Crippen LogP contribution < -0.4 is 16.0 Å². The van der Waals surface area contributed by atoms with Gasteiger partial charge in [0.15, 0.2) is 0 Å². The molecule has 0 bridgehead atoms. The number of thioether (sulfide) groups is 1. The molecular formula is C25H44ClF2N3O5S. The van der Waals surface area contributed by atoms with Crippen molar-refractivity contribution in [3.05, 3.63) is 0 Å². The molecule has 0 spiro atoms. The van der Waals surface area contributed by atoms with Crippen LogP contribution >= 0.6 is 23.4 Å². The third kappa shape index (κ3) is 9.41. The first-order valence-electron chi connectivity index (χ1n) is 13.5. The van der Waals surface area contributed by atoms with Crippen molar-refractivity contribution in [3.8, 4) is 0 Å². The lowest BCUT2D eigenvalue weighted by atomic mass is 9.92. The van der Waals surface area contributed by atoms with E-state index in [1.165, 1.54) is 11.8 Å². The Morgan fingerprint density at radius 2 is 1.84 bits per heavy atom. The molecule has 6 N–H and O–H groups in total. The number of ether oxygens (including phenoxy) is 1. The highest BCUT2D eigenvalue weighted by Crippen LogP contribution is 2.38. The highest BCUT2D eigenvalue weighted by molar-refractivity contribution is 7.99. The zero-order chi connectivity index (χ0) is 27.2. The van der Waals surface area contributed by atoms with Crippen LogP contribution in [0.5, 0.6) is 0 Å². The summed E-state index contributed by atoms with van der Waals surface area (Å²) in [5.41, 5.74) is -0.756. The number of halogens is 3. The van der Waals surface area contributed by atoms with E-state index in [0.717, 1.165) is 38.5 Å². The number of aliphatic hydroxyl groups excluding tert-OH is 3. The van der Waals surface area contributed by atoms with Gasteiger partial charge in [0.05, 0.1) is 24.0 Å². The molecule has 12 heteroatoms. The number of amides is 1. The molecule has 0 aromatic carbocycles. The zero-order valence-electron chi connectivity index (χ0n) is 21.8. The third-order valence-corrected chi connectivity index (χ3v) is 8.88. The third-order valence-electron chi connectivity index (χ3n) is 7.75. The van der Waals surface area contributed by atoms with E-state index in [1.807, 2.05) is 0 Å². The van der Waals surface area contributed by atoms with Gasteiger partial charge in [-0.05, 0) is 83.1 Å². The van der Waals surface area contributed by atoms with E-state index in [4.69, 9.17) is 16.3 Å². The molecule has 3 aliphatic rings. The van der Waals surface area contributed by atoms with Gasteiger partial charge in [-0.25, -0.2) is 8.78 Å². The van der Waals surface area contributed by atoms with Gasteiger partial charge in [0, 0.05) is 6.42 Å². The predicted octanol–water partition coefficient (Wildman–Crippen LogP) is 1.83. The number of alkyl halides is 3. The van der Waals surface area contributed by atoms with Gasteiger partial charge >= 0.3 is 0 Å². The van der Waals surface area contributed by atoms with Crippen LogP contribution in [0.4, 0.5) is 8.78 Å². The quantitative estimate of drug-likeness (QED) is 0.146. The summed E-state index contributed by atoms with van der Waals surface area (Å²) in [6, 6.07) is -1.21. The van der Waals surface area contributed by atoms with Crippen molar-refractivity contribution in [1.29, 1.82) is 0 Å². The minimum Gasteiger partial charge on any atom is -0.388 e. The van der Waals surface area contributed by atoms with E-state index in [-0.39, 0.29) is 24.8 Å². The summed E-state index contributed by atoms with van der Waals surface area (Å²) in [4.78, 5) is 13.1. The molecule has 1 saturated carbocycles. The van der Waals surface area contributed by atoms with Crippen LogP contribution in [0, 0.1) is 11.8 Å². The minimum atomic E-state index is -2.63. The molecule has 1 aliphatic carbocycles. The molecule has 216 valence electrons. The smallest absolute Gasteiger partial charge is 0.260 e. The summed E-state index contributed by atoms with van der Waals surface area (Å²) in [6.07, 6.45) is 2.62. The van der Waals surface area contributed by atoms with Crippen molar-refractivity contribution in [2.24, 2.45) is 11.8 Å². The van der Waals surface area contributed by atoms with Gasteiger partial charge in [0.1, 0.15) is 29.9 Å². The van der Waals surface area contributed by atoms with E-state index in [2.05, 4.69) is 16.0 Å². The minimum absolute atomic E-state index is 0.00633. The molecule has 1 amide bonds. The van der Waals surface area contributed by atoms with Gasteiger partial charge in [-0.1, -0.05) is 0 Å². The van der Waals surface area contributed by atoms with Crippen molar-refractivity contribution < 1.29 is 33.6 Å². The van der Waals surface area contributed by atoms with Crippen molar-refractivity contribution in [2.45, 2.75) is 112 Å². The standard InChI is InChI=1S/C25H44ClF2N3O5S/c1-14(26)18(22-20(33)19(32)21(34)24(36-22)37-2)31-23(35)17-8-7-15(9-11-30-17)4-3-10-29-13-25(27,28)12-16-5-6-16/h14-22,24,29-30,32-34H,3-13H2,1-2H3,(H,31,35)/t14-,15-,17-,18+,19?,20?,21+,22+,24?/m0/s1. The molecule has 37 heavy (non-hydrogen) atoms. The first kappa shape index (κ1) is 31.3. The van der Waals surface area contributed by atoms with E-state index in [0.29, 0.717) is 25.4 Å². The Morgan fingerprint density at radius 1 is 1.14 bits per heavy atom. The molecule has 3 unspecified atom stereocenters. The first-order valence-corrected chi connectivity index (χ1v) is 15.2. The van der Waals surface area contributed by atoms with Crippen molar-refractivity contribution >= 4 is 29.3 Å². The summed E-state index contributed by atoms with van der Waals surface area (Å²) in [7, 11) is 0. The van der Waals surface area contributed by atoms with Crippen molar-refractivity contribution in [2.75, 3.05) is 25.9 Å². The molecule has 2 saturated heterocycles. The second-order valence-corrected chi connectivity index (χ2v) is 12.6. The van der Waals surface area contributed by atoms with Crippen LogP contribution in [-0.2, 0) is 9.53 Å². The second-order valence-electron chi connectivity index (χ2n) is 10.9. The van der Waals surface area contributed by atoms with E-state index < -0.39 is 53.2 Å². The maximum Gasteiger partial charge on any atom is 0.260 e. The fourth-order valence-electron chi connectivity index (χ4n) is 5.31. The largest absolute Gasteiger partial charge is 0.388 e. The number of carbonyl (C=O) groups excluding carboxylic acids is 1. The van der Waals surface area contributed by atoms with Crippen LogP contribution in [0.25, 0.3) is 0 Å². The van der Waals surface area contributed by atoms with Crippen LogP contribution in [0.15, 0.2) is 0 Å². The number of hydrogen-bond donors (Lipinski definition) is 6. The lowest BCUT2D eigenvalue weighted by Gasteiger charge is -2.44. The summed E-state index contributed by atoms with van der Waals surface area (Å²) in [5, 5.41) is 39.4. The number of nitrogens with one attached hydrogen (secondary N) is 3. The molecule has 0 radical (unpaired) electrons. The Morgan fingerprint density at radius 3 is 2.49 bits per heavy atom. The lowest BCUT2D eigenvalue weighted by molar-refractivity contribution is -0.205. The Hall–Kier alpha value is -0.270. The lowest BCUT2D eigenvalue weighted by Crippen LogP contribution is -2.65. The highest BCUT2D eigenvalue weighted by atomic mass is 35.5. The fraction of sp³-hybridized carbons (Fsp3) is 0.960. The van der Waals surface area contributed by atoms with Gasteiger partial charge in [-0.15, -0.1) is 23.4 Å². The van der Waals surface area contributed by atoms with Crippen molar-refractivity contribution in [3.63, 3.8) is 0 Å². The number of aliphatic hydroxyl groups is 3. The van der Waals surface area contributed by atoms with Gasteiger partial charge < -0.3 is 36.0 Å². The highest BCUT2D eigenvalue weighted by Gasteiger charge is 2.48. The van der Waals surface area contributed by atoms with E-state index >= 15 is 0 Å². The van der Waals surface area contributed by atoms with E-state index in [9.17, 15) is 28.9 Å². The topological polar surface area (TPSA) is 123 Å². The SMILES string of the molecule is CSC1O[C@H]([C@H](NC(=O)[C@@H]2CC[C@H](CCCNCC(F)(F)CC3CC3)CCN2)[C@H](C)Cl)C(O)C(O)[C@H]1O. The molecule has 2 aliphatic heterocycles. The molecule has 0 aromatic heterocycles. The summed E-state index contributed by atoms with van der Waals surface area (Å²) in [6.45, 7) is 2.65. The maximum atomic E-state index is 13.9. The number of hydrogen-bond acceptors (Lipinski definition) is 8. The summed E-state index contributed by atoms with van der Waals surface area (Å²) >= 11 is 7.57. The van der Waals surface area contributed by atoms with Crippen LogP contribution in [0.2, 0.25) is 0 Å². The molecule has 3 rings (SSSR count). The monoisotopic (exact) mass is 571 g/mol. The molecule has 3 fully saturated rings. The van der Waals surface area contributed by atoms with Gasteiger partial charge in [-0.2, -0.15) is 0 Å². The van der Waals surface area contributed by atoms with Gasteiger partial charge in [0.2, 0.25) is 5.91 Å². The van der Waals surface area contributed by atoms with Crippen LogP contribution in [-0.4, -0.2) is 100 Å². The summed E-state index contributed by atoms with van der Waals surface area (Å²) in [5.74, 6) is -2.27. The zero-order valence-corrected chi connectivity index (χ0v) is 23.3. The normalized spacial score (nSPS) is 35.0. The molecule has 8 nitrogen and oxygen atoms in total. The molecule has 0 aromatic rings. The van der Waals surface area contributed by atoms with Crippen molar-refractivity contribution in [1.82, 2.24) is 16.0 Å². The van der Waals surface area contributed by atoms with Crippen LogP contribution in [0.3, 0.4) is 0 Å². The second kappa shape index (κ2) is 14.4. The van der Waals surface area contributed by atoms with Gasteiger partial charge in [0.25, 0.3) is 5.92 Å². The van der Waals surface area contributed by atoms with Gasteiger partial charge in [-0.3, -0.25) is 4.79 Å². The Kier molecular flexibility index (Phi) is 12.2.